The van der Waals surface area contributed by atoms with Crippen molar-refractivity contribution in [1.82, 2.24) is 9.13 Å². The molecular formula is C18H17N3O4. The van der Waals surface area contributed by atoms with Gasteiger partial charge in [0.25, 0.3) is 5.56 Å². The van der Waals surface area contributed by atoms with Crippen molar-refractivity contribution in [2.24, 2.45) is 0 Å². The van der Waals surface area contributed by atoms with Crippen molar-refractivity contribution >= 4 is 5.78 Å². The number of ketones is 1. The minimum atomic E-state index is -0.639. The van der Waals surface area contributed by atoms with E-state index in [4.69, 9.17) is 4.74 Å². The van der Waals surface area contributed by atoms with Crippen molar-refractivity contribution in [3.63, 3.8) is 0 Å². The molecule has 0 aliphatic heterocycles. The fourth-order valence-electron chi connectivity index (χ4n) is 2.74. The maximum atomic E-state index is 12.7. The van der Waals surface area contributed by atoms with Gasteiger partial charge in [-0.05, 0) is 38.0 Å². The lowest BCUT2D eigenvalue weighted by Gasteiger charge is -2.13. The molecule has 1 fully saturated rings. The number of hydrogen-bond donors (Lipinski definition) is 0. The number of aromatic nitrogens is 2. The lowest BCUT2D eigenvalue weighted by atomic mass is 10.1. The maximum absolute atomic E-state index is 12.7. The lowest BCUT2D eigenvalue weighted by molar-refractivity contribution is 0.101. The minimum Gasteiger partial charge on any atom is -0.496 e. The van der Waals surface area contributed by atoms with Gasteiger partial charge in [0.05, 0.1) is 13.7 Å². The first kappa shape index (κ1) is 16.7. The molecule has 0 N–H and O–H groups in total. The second-order valence-corrected chi connectivity index (χ2v) is 6.05. The molecule has 1 aliphatic carbocycles. The van der Waals surface area contributed by atoms with Crippen molar-refractivity contribution in [3.05, 3.63) is 61.9 Å². The summed E-state index contributed by atoms with van der Waals surface area (Å²) in [6, 6.07) is 6.75. The Bertz CT molecular complexity index is 1010. The van der Waals surface area contributed by atoms with E-state index >= 15 is 0 Å². The molecular weight excluding hydrogens is 322 g/mol. The second-order valence-electron chi connectivity index (χ2n) is 6.05. The molecule has 2 aromatic rings. The molecule has 0 spiro atoms. The van der Waals surface area contributed by atoms with Gasteiger partial charge in [0.2, 0.25) is 0 Å². The van der Waals surface area contributed by atoms with E-state index in [9.17, 15) is 19.6 Å². The fraction of sp³-hybridized carbons (Fsp3) is 0.333. The summed E-state index contributed by atoms with van der Waals surface area (Å²) < 4.78 is 7.75. The number of carbonyl (C=O) groups is 1. The normalized spacial score (nSPS) is 13.3. The van der Waals surface area contributed by atoms with Crippen molar-refractivity contribution in [3.8, 4) is 11.8 Å². The van der Waals surface area contributed by atoms with Gasteiger partial charge in [0.15, 0.2) is 5.78 Å². The molecule has 7 nitrogen and oxygen atoms in total. The Hall–Kier alpha value is -3.14. The van der Waals surface area contributed by atoms with Gasteiger partial charge in [-0.25, -0.2) is 4.79 Å². The molecule has 0 unspecified atom stereocenters. The van der Waals surface area contributed by atoms with Crippen LogP contribution in [0.3, 0.4) is 0 Å². The van der Waals surface area contributed by atoms with Crippen LogP contribution in [0.4, 0.5) is 0 Å². The first-order chi connectivity index (χ1) is 12.0. The summed E-state index contributed by atoms with van der Waals surface area (Å²) in [5.41, 5.74) is -0.177. The first-order valence-corrected chi connectivity index (χ1v) is 7.90. The number of carbonyl (C=O) groups excluding carboxylic acids is 1. The molecule has 0 saturated heterocycles. The topological polar surface area (TPSA) is 94.1 Å². The van der Waals surface area contributed by atoms with Crippen LogP contribution < -0.4 is 16.0 Å². The molecule has 25 heavy (non-hydrogen) atoms. The van der Waals surface area contributed by atoms with Gasteiger partial charge in [0.1, 0.15) is 17.4 Å². The van der Waals surface area contributed by atoms with E-state index in [0.29, 0.717) is 16.9 Å². The highest BCUT2D eigenvalue weighted by Crippen LogP contribution is 2.33. The van der Waals surface area contributed by atoms with Gasteiger partial charge < -0.3 is 4.74 Å². The molecule has 1 aliphatic rings. The highest BCUT2D eigenvalue weighted by molar-refractivity contribution is 5.94. The van der Waals surface area contributed by atoms with Crippen LogP contribution in [-0.2, 0) is 6.54 Å². The Kier molecular flexibility index (Phi) is 4.28. The third-order valence-electron chi connectivity index (χ3n) is 4.27. The van der Waals surface area contributed by atoms with E-state index in [2.05, 4.69) is 0 Å². The third-order valence-corrected chi connectivity index (χ3v) is 4.27. The molecule has 0 amide bonds. The van der Waals surface area contributed by atoms with Gasteiger partial charge >= 0.3 is 5.69 Å². The number of rotatable bonds is 5. The summed E-state index contributed by atoms with van der Waals surface area (Å²) in [7, 11) is 1.48. The van der Waals surface area contributed by atoms with Crippen LogP contribution in [0.1, 0.15) is 47.3 Å². The fourth-order valence-corrected chi connectivity index (χ4v) is 2.74. The van der Waals surface area contributed by atoms with Crippen LogP contribution in [-0.4, -0.2) is 22.0 Å². The first-order valence-electron chi connectivity index (χ1n) is 7.90. The average molecular weight is 339 g/mol. The molecule has 1 saturated carbocycles. The van der Waals surface area contributed by atoms with Crippen LogP contribution >= 0.6 is 0 Å². The van der Waals surface area contributed by atoms with E-state index < -0.39 is 11.2 Å². The van der Waals surface area contributed by atoms with E-state index in [-0.39, 0.29) is 23.9 Å². The predicted octanol–water partition coefficient (Wildman–Crippen LogP) is 1.48. The summed E-state index contributed by atoms with van der Waals surface area (Å²) in [5.74, 6) is 0.342. The summed E-state index contributed by atoms with van der Waals surface area (Å²) >= 11 is 0. The SMILES string of the molecule is COc1ccc(C(C)=O)cc1Cn1c(=O)c(C#N)cn(C2CC2)c1=O. The quantitative estimate of drug-likeness (QED) is 0.769. The monoisotopic (exact) mass is 339 g/mol. The standard InChI is InChI=1S/C18H17N3O4/c1-11(22)12-3-6-16(25-2)13(7-12)9-21-17(23)14(8-19)10-20(18(21)24)15-4-5-15/h3,6-7,10,15H,4-5,9H2,1-2H3. The summed E-state index contributed by atoms with van der Waals surface area (Å²) in [5, 5.41) is 9.20. The number of nitrogens with zero attached hydrogens (tertiary/aromatic N) is 3. The average Bonchev–Trinajstić information content (AvgIpc) is 3.43. The molecule has 0 bridgehead atoms. The number of hydrogen-bond acceptors (Lipinski definition) is 5. The molecule has 0 radical (unpaired) electrons. The molecule has 0 atom stereocenters. The predicted molar refractivity (Wildman–Crippen MR) is 90.0 cm³/mol. The van der Waals surface area contributed by atoms with Gasteiger partial charge in [-0.3, -0.25) is 18.7 Å². The summed E-state index contributed by atoms with van der Waals surface area (Å²) in [6.07, 6.45) is 3.04. The lowest BCUT2D eigenvalue weighted by Crippen LogP contribution is -2.41. The van der Waals surface area contributed by atoms with Crippen LogP contribution in [0.5, 0.6) is 5.75 Å². The van der Waals surface area contributed by atoms with Crippen LogP contribution in [0, 0.1) is 11.3 Å². The number of benzene rings is 1. The molecule has 1 aromatic heterocycles. The van der Waals surface area contributed by atoms with Crippen molar-refractivity contribution in [2.45, 2.75) is 32.4 Å². The Morgan fingerprint density at radius 3 is 2.64 bits per heavy atom. The maximum Gasteiger partial charge on any atom is 0.331 e. The van der Waals surface area contributed by atoms with Crippen LogP contribution in [0.2, 0.25) is 0 Å². The smallest absolute Gasteiger partial charge is 0.331 e. The summed E-state index contributed by atoms with van der Waals surface area (Å²) in [6.45, 7) is 1.37. The number of nitriles is 1. The molecule has 7 heteroatoms. The second kappa shape index (κ2) is 6.40. The molecule has 1 heterocycles. The number of methoxy groups -OCH3 is 1. The Morgan fingerprint density at radius 2 is 2.08 bits per heavy atom. The number of Topliss-reactive ketones (excluding diaryl/α,β-unsaturated/α-hetero) is 1. The van der Waals surface area contributed by atoms with E-state index in [1.54, 1.807) is 18.2 Å². The van der Waals surface area contributed by atoms with Crippen LogP contribution in [0.15, 0.2) is 34.0 Å². The van der Waals surface area contributed by atoms with Gasteiger partial charge in [-0.15, -0.1) is 0 Å². The van der Waals surface area contributed by atoms with Crippen molar-refractivity contribution in [1.29, 1.82) is 5.26 Å². The molecule has 128 valence electrons. The van der Waals surface area contributed by atoms with Gasteiger partial charge in [-0.2, -0.15) is 5.26 Å². The van der Waals surface area contributed by atoms with Gasteiger partial charge in [-0.1, -0.05) is 0 Å². The van der Waals surface area contributed by atoms with E-state index in [1.165, 1.54) is 24.8 Å². The van der Waals surface area contributed by atoms with E-state index in [1.807, 2.05) is 6.07 Å². The zero-order chi connectivity index (χ0) is 18.1. The van der Waals surface area contributed by atoms with Crippen molar-refractivity contribution in [2.75, 3.05) is 7.11 Å². The summed E-state index contributed by atoms with van der Waals surface area (Å²) in [4.78, 5) is 36.7. The number of ether oxygens (including phenoxy) is 1. The van der Waals surface area contributed by atoms with Crippen molar-refractivity contribution < 1.29 is 9.53 Å². The highest BCUT2D eigenvalue weighted by atomic mass is 16.5. The largest absolute Gasteiger partial charge is 0.496 e. The zero-order valence-corrected chi connectivity index (χ0v) is 14.0. The third kappa shape index (κ3) is 3.11. The highest BCUT2D eigenvalue weighted by Gasteiger charge is 2.27. The minimum absolute atomic E-state index is 0.0388. The Morgan fingerprint density at radius 1 is 1.36 bits per heavy atom. The van der Waals surface area contributed by atoms with Crippen LogP contribution in [0.25, 0.3) is 0 Å². The molecule has 1 aromatic carbocycles. The Labute approximate surface area is 143 Å². The molecule has 3 rings (SSSR count). The van der Waals surface area contributed by atoms with E-state index in [0.717, 1.165) is 17.4 Å². The Balaban J connectivity index is 2.15. The van der Waals surface area contributed by atoms with Gasteiger partial charge in [0, 0.05) is 23.4 Å². The zero-order valence-electron chi connectivity index (χ0n) is 14.0.